The van der Waals surface area contributed by atoms with Crippen molar-refractivity contribution in [1.29, 1.82) is 0 Å². The predicted octanol–water partition coefficient (Wildman–Crippen LogP) is 0.297. The molecule has 0 amide bonds. The Hall–Kier alpha value is -1.50. The molecule has 2 heterocycles. The Morgan fingerprint density at radius 2 is 2.11 bits per heavy atom. The van der Waals surface area contributed by atoms with Crippen molar-refractivity contribution in [3.8, 4) is 5.88 Å². The zero-order valence-corrected chi connectivity index (χ0v) is 11.1. The summed E-state index contributed by atoms with van der Waals surface area (Å²) in [7, 11) is -1.39. The third-order valence-corrected chi connectivity index (χ3v) is 4.66. The van der Waals surface area contributed by atoms with Gasteiger partial charge < -0.3 is 15.4 Å². The highest BCUT2D eigenvalue weighted by atomic mass is 32.2. The van der Waals surface area contributed by atoms with Crippen LogP contribution in [0.1, 0.15) is 6.42 Å². The van der Waals surface area contributed by atoms with Crippen molar-refractivity contribution < 1.29 is 13.2 Å². The maximum absolute atomic E-state index is 11.6. The Kier molecular flexibility index (Phi) is 3.60. The van der Waals surface area contributed by atoms with E-state index in [1.165, 1.54) is 7.11 Å². The molecule has 0 saturated carbocycles. The number of nitrogens with zero attached hydrogens (tertiary/aromatic N) is 2. The molecule has 1 fully saturated rings. The van der Waals surface area contributed by atoms with Gasteiger partial charge in [-0.3, -0.25) is 0 Å². The number of anilines is 2. The van der Waals surface area contributed by atoms with Crippen molar-refractivity contribution in [1.82, 2.24) is 4.98 Å². The minimum atomic E-state index is -2.93. The summed E-state index contributed by atoms with van der Waals surface area (Å²) in [4.78, 5) is 6.19. The number of pyridine rings is 1. The highest BCUT2D eigenvalue weighted by Crippen LogP contribution is 2.25. The molecular formula is C11H17N3O3S. The van der Waals surface area contributed by atoms with E-state index < -0.39 is 9.84 Å². The van der Waals surface area contributed by atoms with E-state index in [1.54, 1.807) is 12.1 Å². The van der Waals surface area contributed by atoms with Crippen molar-refractivity contribution in [2.24, 2.45) is 0 Å². The lowest BCUT2D eigenvalue weighted by molar-refractivity contribution is 0.398. The average molecular weight is 271 g/mol. The van der Waals surface area contributed by atoms with Crippen LogP contribution < -0.4 is 15.4 Å². The van der Waals surface area contributed by atoms with E-state index in [-0.39, 0.29) is 11.5 Å². The molecule has 1 aliphatic rings. The molecule has 2 N–H and O–H groups in total. The van der Waals surface area contributed by atoms with Crippen molar-refractivity contribution in [3.63, 3.8) is 0 Å². The number of nitrogen functional groups attached to an aromatic ring is 1. The Balaban J connectivity index is 2.25. The molecule has 0 spiro atoms. The molecule has 1 aromatic rings. The number of rotatable bonds is 2. The first-order valence-electron chi connectivity index (χ1n) is 5.78. The highest BCUT2D eigenvalue weighted by molar-refractivity contribution is 7.91. The van der Waals surface area contributed by atoms with Gasteiger partial charge in [0, 0.05) is 19.2 Å². The van der Waals surface area contributed by atoms with Gasteiger partial charge in [0.25, 0.3) is 0 Å². The summed E-state index contributed by atoms with van der Waals surface area (Å²) in [6.07, 6.45) is 0.598. The van der Waals surface area contributed by atoms with E-state index >= 15 is 0 Å². The molecule has 0 atom stereocenters. The zero-order valence-electron chi connectivity index (χ0n) is 10.3. The maximum atomic E-state index is 11.6. The van der Waals surface area contributed by atoms with E-state index in [0.717, 1.165) is 0 Å². The van der Waals surface area contributed by atoms with Crippen LogP contribution in [0.2, 0.25) is 0 Å². The van der Waals surface area contributed by atoms with Gasteiger partial charge in [0.1, 0.15) is 0 Å². The van der Waals surface area contributed by atoms with Crippen LogP contribution in [0.3, 0.4) is 0 Å². The van der Waals surface area contributed by atoms with Crippen LogP contribution >= 0.6 is 0 Å². The third-order valence-electron chi connectivity index (χ3n) is 2.94. The lowest BCUT2D eigenvalue weighted by Gasteiger charge is -2.22. The number of hydrogen-bond acceptors (Lipinski definition) is 6. The van der Waals surface area contributed by atoms with Gasteiger partial charge in [-0.05, 0) is 12.5 Å². The molecule has 0 bridgehead atoms. The normalized spacial score (nSPS) is 19.3. The summed E-state index contributed by atoms with van der Waals surface area (Å²) in [5.41, 5.74) is 6.42. The van der Waals surface area contributed by atoms with Crippen LogP contribution in [0.15, 0.2) is 12.1 Å². The van der Waals surface area contributed by atoms with Gasteiger partial charge in [-0.2, -0.15) is 4.98 Å². The predicted molar refractivity (Wildman–Crippen MR) is 70.7 cm³/mol. The van der Waals surface area contributed by atoms with E-state index in [9.17, 15) is 8.42 Å². The quantitative estimate of drug-likeness (QED) is 0.832. The Bertz CT molecular complexity index is 530. The summed E-state index contributed by atoms with van der Waals surface area (Å²) in [5, 5.41) is 0. The van der Waals surface area contributed by atoms with Crippen molar-refractivity contribution in [2.75, 3.05) is 42.3 Å². The second kappa shape index (κ2) is 5.01. The van der Waals surface area contributed by atoms with Gasteiger partial charge in [0.15, 0.2) is 15.7 Å². The van der Waals surface area contributed by atoms with Crippen LogP contribution in [0, 0.1) is 0 Å². The first kappa shape index (κ1) is 12.9. The van der Waals surface area contributed by atoms with Crippen LogP contribution in [-0.2, 0) is 9.84 Å². The fraction of sp³-hybridized carbons (Fsp3) is 0.545. The van der Waals surface area contributed by atoms with Gasteiger partial charge in [-0.15, -0.1) is 0 Å². The van der Waals surface area contributed by atoms with Gasteiger partial charge >= 0.3 is 0 Å². The van der Waals surface area contributed by atoms with Crippen LogP contribution in [0.5, 0.6) is 5.88 Å². The molecule has 18 heavy (non-hydrogen) atoms. The third kappa shape index (κ3) is 2.84. The summed E-state index contributed by atoms with van der Waals surface area (Å²) in [5.74, 6) is 1.45. The molecule has 0 unspecified atom stereocenters. The Morgan fingerprint density at radius 3 is 2.83 bits per heavy atom. The van der Waals surface area contributed by atoms with Crippen LogP contribution in [0.25, 0.3) is 0 Å². The Labute approximate surface area is 107 Å². The number of sulfone groups is 1. The number of hydrogen-bond donors (Lipinski definition) is 1. The second-order valence-electron chi connectivity index (χ2n) is 4.26. The summed E-state index contributed by atoms with van der Waals surface area (Å²) in [6, 6.07) is 3.41. The van der Waals surface area contributed by atoms with Gasteiger partial charge in [-0.25, -0.2) is 8.42 Å². The molecule has 1 aliphatic heterocycles. The number of nitrogens with two attached hydrogens (primary N) is 1. The topological polar surface area (TPSA) is 85.5 Å². The minimum Gasteiger partial charge on any atom is -0.481 e. The monoisotopic (exact) mass is 271 g/mol. The molecule has 100 valence electrons. The van der Waals surface area contributed by atoms with Gasteiger partial charge in [-0.1, -0.05) is 0 Å². The van der Waals surface area contributed by atoms with Crippen LogP contribution in [0.4, 0.5) is 11.5 Å². The number of methoxy groups -OCH3 is 1. The van der Waals surface area contributed by atoms with E-state index in [0.29, 0.717) is 36.9 Å². The van der Waals surface area contributed by atoms with E-state index in [4.69, 9.17) is 10.5 Å². The standard InChI is InChI=1S/C11H17N3O3S/c1-17-10-4-3-9(12)11(13-10)14-5-2-7-18(15,16)8-6-14/h3-4H,2,5-8,12H2,1H3. The molecule has 7 heteroatoms. The molecule has 0 aromatic carbocycles. The molecule has 1 aromatic heterocycles. The van der Waals surface area contributed by atoms with Crippen molar-refractivity contribution in [2.45, 2.75) is 6.42 Å². The molecule has 1 saturated heterocycles. The summed E-state index contributed by atoms with van der Waals surface area (Å²) < 4.78 is 28.2. The fourth-order valence-corrected chi connectivity index (χ4v) is 3.23. The van der Waals surface area contributed by atoms with Gasteiger partial charge in [0.05, 0.1) is 24.3 Å². The highest BCUT2D eigenvalue weighted by Gasteiger charge is 2.21. The second-order valence-corrected chi connectivity index (χ2v) is 6.56. The van der Waals surface area contributed by atoms with Gasteiger partial charge in [0.2, 0.25) is 5.88 Å². The lowest BCUT2D eigenvalue weighted by atomic mass is 10.3. The maximum Gasteiger partial charge on any atom is 0.215 e. The lowest BCUT2D eigenvalue weighted by Crippen LogP contribution is -2.28. The van der Waals surface area contributed by atoms with Crippen LogP contribution in [-0.4, -0.2) is 45.1 Å². The average Bonchev–Trinajstić information content (AvgIpc) is 2.51. The van der Waals surface area contributed by atoms with Crippen molar-refractivity contribution in [3.05, 3.63) is 12.1 Å². The number of aromatic nitrogens is 1. The van der Waals surface area contributed by atoms with Crippen molar-refractivity contribution >= 4 is 21.3 Å². The minimum absolute atomic E-state index is 0.144. The first-order chi connectivity index (χ1) is 8.52. The molecule has 0 radical (unpaired) electrons. The van der Waals surface area contributed by atoms with E-state index in [1.807, 2.05) is 4.90 Å². The summed E-state index contributed by atoms with van der Waals surface area (Å²) in [6.45, 7) is 1.07. The smallest absolute Gasteiger partial charge is 0.215 e. The largest absolute Gasteiger partial charge is 0.481 e. The molecular weight excluding hydrogens is 254 g/mol. The zero-order chi connectivity index (χ0) is 13.2. The first-order valence-corrected chi connectivity index (χ1v) is 7.60. The molecule has 6 nitrogen and oxygen atoms in total. The summed E-state index contributed by atoms with van der Waals surface area (Å²) >= 11 is 0. The Morgan fingerprint density at radius 1 is 1.33 bits per heavy atom. The van der Waals surface area contributed by atoms with E-state index in [2.05, 4.69) is 4.98 Å². The SMILES string of the molecule is COc1ccc(N)c(N2CCCS(=O)(=O)CC2)n1. The molecule has 2 rings (SSSR count). The molecule has 0 aliphatic carbocycles. The fourth-order valence-electron chi connectivity index (χ4n) is 1.96. The number of ether oxygens (including phenoxy) is 1.